The van der Waals surface area contributed by atoms with Gasteiger partial charge in [0.1, 0.15) is 0 Å². The van der Waals surface area contributed by atoms with Crippen molar-refractivity contribution in [1.82, 2.24) is 4.57 Å². The van der Waals surface area contributed by atoms with Crippen molar-refractivity contribution in [1.29, 1.82) is 0 Å². The molecule has 0 amide bonds. The predicted octanol–water partition coefficient (Wildman–Crippen LogP) is 8.12. The van der Waals surface area contributed by atoms with Crippen molar-refractivity contribution in [3.63, 3.8) is 0 Å². The lowest BCUT2D eigenvalue weighted by atomic mass is 9.73. The van der Waals surface area contributed by atoms with Crippen LogP contribution in [0.25, 0.3) is 37.2 Å². The standard InChI is InChI=1S/C34H30BNO2S/c1-33(2)34(3,4)38-35(37-33)21-17-19-22(20-18-21)36-27-15-9-7-13-25(27)29-23-11-5-6-12-24(23)30-26-14-8-10-16-28(26)39-32(30)31(29)36/h5-20,23-24H,1-4H3. The van der Waals surface area contributed by atoms with Gasteiger partial charge in [0.2, 0.25) is 0 Å². The average Bonchev–Trinajstić information content (AvgIpc) is 3.56. The maximum Gasteiger partial charge on any atom is 0.494 e. The zero-order valence-electron chi connectivity index (χ0n) is 22.6. The van der Waals surface area contributed by atoms with Gasteiger partial charge in [0.05, 0.1) is 27.3 Å². The van der Waals surface area contributed by atoms with Gasteiger partial charge >= 0.3 is 7.12 Å². The first kappa shape index (κ1) is 23.5. The van der Waals surface area contributed by atoms with Gasteiger partial charge < -0.3 is 13.9 Å². The van der Waals surface area contributed by atoms with Crippen molar-refractivity contribution >= 4 is 44.9 Å². The fourth-order valence-electron chi connectivity index (χ4n) is 6.58. The summed E-state index contributed by atoms with van der Waals surface area (Å²) >= 11 is 1.93. The van der Waals surface area contributed by atoms with Gasteiger partial charge in [0.15, 0.2) is 0 Å². The highest BCUT2D eigenvalue weighted by molar-refractivity contribution is 7.22. The first-order chi connectivity index (χ1) is 18.8. The molecule has 1 aliphatic heterocycles. The SMILES string of the molecule is CC1(C)OB(c2ccc(-n3c4c(c5ccccc53)C3C=CC=CC3c3c-4sc4ccccc34)cc2)OC1(C)C. The van der Waals surface area contributed by atoms with Gasteiger partial charge in [-0.3, -0.25) is 0 Å². The molecule has 0 radical (unpaired) electrons. The third-order valence-electron chi connectivity index (χ3n) is 9.24. The van der Waals surface area contributed by atoms with Crippen molar-refractivity contribution in [2.75, 3.05) is 0 Å². The van der Waals surface area contributed by atoms with E-state index in [1.165, 1.54) is 42.7 Å². The van der Waals surface area contributed by atoms with Crippen LogP contribution in [0.1, 0.15) is 50.7 Å². The van der Waals surface area contributed by atoms with E-state index in [1.54, 1.807) is 0 Å². The molecular weight excluding hydrogens is 497 g/mol. The van der Waals surface area contributed by atoms with E-state index in [2.05, 4.69) is 129 Å². The van der Waals surface area contributed by atoms with E-state index in [-0.39, 0.29) is 18.3 Å². The Morgan fingerprint density at radius 1 is 0.718 bits per heavy atom. The van der Waals surface area contributed by atoms with Gasteiger partial charge in [0, 0.05) is 27.6 Å². The highest BCUT2D eigenvalue weighted by Crippen LogP contribution is 2.57. The zero-order valence-corrected chi connectivity index (χ0v) is 23.5. The van der Waals surface area contributed by atoms with E-state index in [4.69, 9.17) is 9.31 Å². The number of benzene rings is 3. The first-order valence-electron chi connectivity index (χ1n) is 13.8. The molecular formula is C34H30BNO2S. The summed E-state index contributed by atoms with van der Waals surface area (Å²) in [7, 11) is -0.367. The topological polar surface area (TPSA) is 23.4 Å². The predicted molar refractivity (Wildman–Crippen MR) is 164 cm³/mol. The molecule has 0 spiro atoms. The quantitative estimate of drug-likeness (QED) is 0.217. The molecule has 1 saturated heterocycles. The fourth-order valence-corrected chi connectivity index (χ4v) is 7.89. The second kappa shape index (κ2) is 8.08. The zero-order chi connectivity index (χ0) is 26.5. The number of hydrogen-bond donors (Lipinski definition) is 0. The summed E-state index contributed by atoms with van der Waals surface area (Å²) in [5.74, 6) is 0.657. The van der Waals surface area contributed by atoms with Gasteiger partial charge in [-0.25, -0.2) is 0 Å². The molecule has 2 aliphatic carbocycles. The molecule has 1 fully saturated rings. The average molecular weight is 527 g/mol. The van der Waals surface area contributed by atoms with Crippen LogP contribution in [-0.2, 0) is 9.31 Å². The molecule has 39 heavy (non-hydrogen) atoms. The third kappa shape index (κ3) is 3.24. The van der Waals surface area contributed by atoms with Crippen molar-refractivity contribution in [2.24, 2.45) is 0 Å². The molecule has 0 N–H and O–H groups in total. The van der Waals surface area contributed by atoms with Gasteiger partial charge in [0.25, 0.3) is 0 Å². The molecule has 3 aromatic carbocycles. The van der Waals surface area contributed by atoms with Crippen LogP contribution < -0.4 is 5.46 Å². The van der Waals surface area contributed by atoms with Gasteiger partial charge in [-0.2, -0.15) is 0 Å². The largest absolute Gasteiger partial charge is 0.494 e. The number of thiophene rings is 1. The second-order valence-corrected chi connectivity index (χ2v) is 13.0. The molecule has 5 heteroatoms. The third-order valence-corrected chi connectivity index (χ3v) is 10.4. The van der Waals surface area contributed by atoms with Crippen LogP contribution in [0.15, 0.2) is 97.1 Å². The van der Waals surface area contributed by atoms with Crippen LogP contribution >= 0.6 is 11.3 Å². The molecule has 5 aromatic rings. The van der Waals surface area contributed by atoms with Crippen LogP contribution in [0.3, 0.4) is 0 Å². The minimum absolute atomic E-state index is 0.311. The highest BCUT2D eigenvalue weighted by Gasteiger charge is 2.51. The molecule has 0 saturated carbocycles. The number of aromatic nitrogens is 1. The summed E-state index contributed by atoms with van der Waals surface area (Å²) in [4.78, 5) is 1.39. The van der Waals surface area contributed by atoms with Gasteiger partial charge in [-0.05, 0) is 73.9 Å². The number of allylic oxidation sites excluding steroid dienone is 4. The number of rotatable bonds is 2. The van der Waals surface area contributed by atoms with Crippen molar-refractivity contribution in [2.45, 2.75) is 50.7 Å². The Kier molecular flexibility index (Phi) is 4.87. The lowest BCUT2D eigenvalue weighted by Gasteiger charge is -2.32. The summed E-state index contributed by atoms with van der Waals surface area (Å²) in [5.41, 5.74) is 6.96. The smallest absolute Gasteiger partial charge is 0.399 e. The fraction of sp³-hybridized carbons (Fsp3) is 0.235. The Labute approximate surface area is 233 Å². The Morgan fingerprint density at radius 2 is 1.33 bits per heavy atom. The van der Waals surface area contributed by atoms with Crippen molar-refractivity contribution in [3.05, 3.63) is 108 Å². The molecule has 3 heterocycles. The molecule has 3 aliphatic rings. The van der Waals surface area contributed by atoms with Gasteiger partial charge in [-0.1, -0.05) is 72.8 Å². The summed E-state index contributed by atoms with van der Waals surface area (Å²) in [6.45, 7) is 8.41. The molecule has 2 atom stereocenters. The van der Waals surface area contributed by atoms with E-state index < -0.39 is 0 Å². The second-order valence-electron chi connectivity index (χ2n) is 12.0. The Balaban J connectivity index is 1.35. The van der Waals surface area contributed by atoms with Crippen LogP contribution in [0.5, 0.6) is 0 Å². The van der Waals surface area contributed by atoms with E-state index in [1.807, 2.05) is 11.3 Å². The van der Waals surface area contributed by atoms with E-state index in [9.17, 15) is 0 Å². The lowest BCUT2D eigenvalue weighted by molar-refractivity contribution is 0.00578. The highest BCUT2D eigenvalue weighted by atomic mass is 32.1. The maximum atomic E-state index is 6.34. The number of nitrogens with zero attached hydrogens (tertiary/aromatic N) is 1. The van der Waals surface area contributed by atoms with Crippen LogP contribution in [0, 0.1) is 0 Å². The van der Waals surface area contributed by atoms with Crippen molar-refractivity contribution < 1.29 is 9.31 Å². The number of fused-ring (bicyclic) bond motifs is 10. The summed E-state index contributed by atoms with van der Waals surface area (Å²) in [6, 6.07) is 26.6. The molecule has 2 unspecified atom stereocenters. The summed E-state index contributed by atoms with van der Waals surface area (Å²) < 4.78 is 16.5. The molecule has 192 valence electrons. The maximum absolute atomic E-state index is 6.34. The van der Waals surface area contributed by atoms with E-state index in [0.29, 0.717) is 11.8 Å². The monoisotopic (exact) mass is 527 g/mol. The molecule has 8 rings (SSSR count). The van der Waals surface area contributed by atoms with E-state index >= 15 is 0 Å². The molecule has 3 nitrogen and oxygen atoms in total. The minimum Gasteiger partial charge on any atom is -0.399 e. The minimum atomic E-state index is -0.367. The normalized spacial score (nSPS) is 22.3. The van der Waals surface area contributed by atoms with Crippen molar-refractivity contribution in [3.8, 4) is 16.3 Å². The number of para-hydroxylation sites is 1. The van der Waals surface area contributed by atoms with Crippen LogP contribution in [0.4, 0.5) is 0 Å². The Hall–Kier alpha value is -3.38. The Bertz CT molecular complexity index is 1820. The first-order valence-corrected chi connectivity index (χ1v) is 14.6. The lowest BCUT2D eigenvalue weighted by Crippen LogP contribution is -2.41. The summed E-state index contributed by atoms with van der Waals surface area (Å²) in [5, 5.41) is 2.71. The Morgan fingerprint density at radius 3 is 2.05 bits per heavy atom. The van der Waals surface area contributed by atoms with E-state index in [0.717, 1.165) is 11.2 Å². The van der Waals surface area contributed by atoms with Crippen LogP contribution in [0.2, 0.25) is 0 Å². The number of hydrogen-bond acceptors (Lipinski definition) is 3. The molecule has 0 bridgehead atoms. The van der Waals surface area contributed by atoms with Gasteiger partial charge in [-0.15, -0.1) is 11.3 Å². The summed E-state index contributed by atoms with van der Waals surface area (Å²) in [6.07, 6.45) is 9.24. The van der Waals surface area contributed by atoms with Crippen LogP contribution in [-0.4, -0.2) is 22.9 Å². The molecule has 2 aromatic heterocycles.